The van der Waals surface area contributed by atoms with Crippen molar-refractivity contribution in [3.63, 3.8) is 0 Å². The number of anilines is 1. The Balaban J connectivity index is 1.44. The molecule has 0 atom stereocenters. The summed E-state index contributed by atoms with van der Waals surface area (Å²) in [6.45, 7) is 2.13. The van der Waals surface area contributed by atoms with Crippen molar-refractivity contribution in [3.8, 4) is 11.1 Å². The van der Waals surface area contributed by atoms with Crippen LogP contribution < -0.4 is 5.32 Å². The normalized spacial score (nSPS) is 12.4. The number of nitrogens with zero attached hydrogens (tertiary/aromatic N) is 1. The van der Waals surface area contributed by atoms with Gasteiger partial charge >= 0.3 is 11.9 Å². The minimum absolute atomic E-state index is 0.125. The Labute approximate surface area is 251 Å². The Kier molecular flexibility index (Phi) is 9.06. The Bertz CT molecular complexity index is 1520. The third kappa shape index (κ3) is 5.68. The molecule has 14 heteroatoms. The topological polar surface area (TPSA) is 119 Å². The van der Waals surface area contributed by atoms with E-state index in [-0.39, 0.29) is 48.4 Å². The smallest absolute Gasteiger partial charge is 0.341 e. The molecule has 0 saturated heterocycles. The molecular weight excluding hydrogens is 626 g/mol. The Morgan fingerprint density at radius 3 is 2.02 bits per heavy atom. The number of hydrogen-bond acceptors (Lipinski definition) is 8. The first kappa shape index (κ1) is 29.8. The summed E-state index contributed by atoms with van der Waals surface area (Å²) < 4.78 is 10.1. The number of esters is 2. The molecule has 0 unspecified atom stereocenters. The Morgan fingerprint density at radius 1 is 0.900 bits per heavy atom. The van der Waals surface area contributed by atoms with Gasteiger partial charge in [0, 0.05) is 10.9 Å². The molecule has 3 aromatic rings. The zero-order valence-corrected chi connectivity index (χ0v) is 24.6. The Hall–Kier alpha value is -3.15. The van der Waals surface area contributed by atoms with Gasteiger partial charge in [-0.05, 0) is 19.4 Å². The highest BCUT2D eigenvalue weighted by Gasteiger charge is 2.42. The van der Waals surface area contributed by atoms with E-state index in [0.29, 0.717) is 10.5 Å². The molecule has 1 N–H and O–H groups in total. The number of thiophene rings is 1. The number of hydrogen-bond donors (Lipinski definition) is 1. The molecule has 0 spiro atoms. The molecule has 3 amide bonds. The van der Waals surface area contributed by atoms with E-state index in [4.69, 9.17) is 55.9 Å². The van der Waals surface area contributed by atoms with E-state index < -0.39 is 42.8 Å². The van der Waals surface area contributed by atoms with Crippen molar-refractivity contribution >= 4 is 92.4 Å². The third-order valence-corrected chi connectivity index (χ3v) is 8.42. The molecular formula is C26H18Cl4N2O7S. The van der Waals surface area contributed by atoms with Crippen LogP contribution in [0.2, 0.25) is 20.1 Å². The standard InChI is InChI=1S/C26H18Cl4N2O7S/c1-3-38-26(37)16-13(12-6-4-11(2)5-7-12)10-40-23(16)31-14(33)9-39-15(34)8-32-24(35)17-18(25(32)36)20(28)22(30)21(29)19(17)27/h4-7,10H,3,8-9H2,1-2H3,(H,31,33). The second-order valence-corrected chi connectivity index (χ2v) is 10.7. The molecule has 0 fully saturated rings. The van der Waals surface area contributed by atoms with Crippen LogP contribution in [0.25, 0.3) is 11.1 Å². The van der Waals surface area contributed by atoms with Crippen molar-refractivity contribution in [3.05, 3.63) is 72.0 Å². The van der Waals surface area contributed by atoms with Crippen LogP contribution in [-0.2, 0) is 19.1 Å². The molecule has 2 heterocycles. The number of amides is 3. The van der Waals surface area contributed by atoms with Crippen LogP contribution in [0.3, 0.4) is 0 Å². The van der Waals surface area contributed by atoms with Crippen molar-refractivity contribution in [2.24, 2.45) is 0 Å². The van der Waals surface area contributed by atoms with Gasteiger partial charge in [-0.3, -0.25) is 24.1 Å². The first-order valence-electron chi connectivity index (χ1n) is 11.5. The van der Waals surface area contributed by atoms with Gasteiger partial charge in [-0.1, -0.05) is 76.2 Å². The average Bonchev–Trinajstić information content (AvgIpc) is 3.44. The van der Waals surface area contributed by atoms with Gasteiger partial charge in [-0.25, -0.2) is 4.79 Å². The number of fused-ring (bicyclic) bond motifs is 1. The van der Waals surface area contributed by atoms with Crippen LogP contribution in [0.15, 0.2) is 29.6 Å². The van der Waals surface area contributed by atoms with E-state index >= 15 is 0 Å². The van der Waals surface area contributed by atoms with Crippen LogP contribution in [-0.4, -0.2) is 54.3 Å². The highest BCUT2D eigenvalue weighted by molar-refractivity contribution is 7.15. The number of rotatable bonds is 8. The van der Waals surface area contributed by atoms with Gasteiger partial charge in [0.1, 0.15) is 17.1 Å². The molecule has 0 radical (unpaired) electrons. The summed E-state index contributed by atoms with van der Waals surface area (Å²) in [5, 5.41) is 3.47. The van der Waals surface area contributed by atoms with Crippen molar-refractivity contribution < 1.29 is 33.4 Å². The number of nitrogens with one attached hydrogen (secondary N) is 1. The van der Waals surface area contributed by atoms with Gasteiger partial charge in [0.05, 0.1) is 37.8 Å². The summed E-state index contributed by atoms with van der Waals surface area (Å²) in [5.74, 6) is -4.30. The molecule has 208 valence electrons. The number of ether oxygens (including phenoxy) is 2. The molecule has 2 aromatic carbocycles. The lowest BCUT2D eigenvalue weighted by Crippen LogP contribution is -2.36. The monoisotopic (exact) mass is 642 g/mol. The van der Waals surface area contributed by atoms with Crippen molar-refractivity contribution in [1.29, 1.82) is 0 Å². The molecule has 0 saturated carbocycles. The van der Waals surface area contributed by atoms with Gasteiger partial charge in [0.25, 0.3) is 17.7 Å². The van der Waals surface area contributed by atoms with Crippen molar-refractivity contribution in [2.45, 2.75) is 13.8 Å². The SMILES string of the molecule is CCOC(=O)c1c(-c2ccc(C)cc2)csc1NC(=O)COC(=O)CN1C(=O)c2c(Cl)c(Cl)c(Cl)c(Cl)c2C1=O. The first-order valence-corrected chi connectivity index (χ1v) is 13.9. The molecule has 0 bridgehead atoms. The molecule has 40 heavy (non-hydrogen) atoms. The van der Waals surface area contributed by atoms with Crippen molar-refractivity contribution in [2.75, 3.05) is 25.1 Å². The summed E-state index contributed by atoms with van der Waals surface area (Å²) in [4.78, 5) is 63.9. The second kappa shape index (κ2) is 12.2. The van der Waals surface area contributed by atoms with E-state index in [2.05, 4.69) is 5.32 Å². The zero-order valence-electron chi connectivity index (χ0n) is 20.7. The second-order valence-electron chi connectivity index (χ2n) is 8.35. The fourth-order valence-electron chi connectivity index (χ4n) is 3.82. The number of halogens is 4. The molecule has 1 aliphatic heterocycles. The lowest BCUT2D eigenvalue weighted by molar-refractivity contribution is -0.147. The maximum Gasteiger partial charge on any atom is 0.341 e. The van der Waals surface area contributed by atoms with Gasteiger partial charge in [-0.15, -0.1) is 11.3 Å². The van der Waals surface area contributed by atoms with E-state index in [9.17, 15) is 24.0 Å². The predicted octanol–water partition coefficient (Wildman–Crippen LogP) is 6.29. The fraction of sp³-hybridized carbons (Fsp3) is 0.192. The molecule has 0 aliphatic carbocycles. The summed E-state index contributed by atoms with van der Waals surface area (Å²) in [6, 6.07) is 7.46. The quantitative estimate of drug-likeness (QED) is 0.133. The number of imide groups is 1. The van der Waals surface area contributed by atoms with Gasteiger partial charge in [-0.2, -0.15) is 0 Å². The van der Waals surface area contributed by atoms with Crippen LogP contribution >= 0.6 is 57.7 Å². The average molecular weight is 644 g/mol. The zero-order chi connectivity index (χ0) is 29.3. The minimum atomic E-state index is -1.06. The molecule has 9 nitrogen and oxygen atoms in total. The Morgan fingerprint density at radius 2 is 1.48 bits per heavy atom. The molecule has 1 aromatic heterocycles. The highest BCUT2D eigenvalue weighted by Crippen LogP contribution is 2.44. The maximum atomic E-state index is 12.8. The van der Waals surface area contributed by atoms with Crippen LogP contribution in [0, 0.1) is 6.92 Å². The lowest BCUT2D eigenvalue weighted by atomic mass is 10.0. The van der Waals surface area contributed by atoms with Crippen molar-refractivity contribution in [1.82, 2.24) is 4.90 Å². The van der Waals surface area contributed by atoms with Gasteiger partial charge in [0.2, 0.25) is 0 Å². The summed E-state index contributed by atoms with van der Waals surface area (Å²) in [6.07, 6.45) is 0. The minimum Gasteiger partial charge on any atom is -0.462 e. The fourth-order valence-corrected chi connectivity index (χ4v) is 5.81. The summed E-state index contributed by atoms with van der Waals surface area (Å²) in [5.41, 5.74) is 1.94. The summed E-state index contributed by atoms with van der Waals surface area (Å²) in [7, 11) is 0. The molecule has 1 aliphatic rings. The number of aryl methyl sites for hydroxylation is 1. The molecule has 4 rings (SSSR count). The van der Waals surface area contributed by atoms with Crippen LogP contribution in [0.5, 0.6) is 0 Å². The van der Waals surface area contributed by atoms with Crippen LogP contribution in [0.4, 0.5) is 5.00 Å². The number of benzene rings is 2. The summed E-state index contributed by atoms with van der Waals surface area (Å²) >= 11 is 25.2. The van der Waals surface area contributed by atoms with E-state index in [1.807, 2.05) is 31.2 Å². The maximum absolute atomic E-state index is 12.8. The highest BCUT2D eigenvalue weighted by atomic mass is 35.5. The largest absolute Gasteiger partial charge is 0.462 e. The first-order chi connectivity index (χ1) is 19.0. The predicted molar refractivity (Wildman–Crippen MR) is 152 cm³/mol. The third-order valence-electron chi connectivity index (χ3n) is 5.72. The van der Waals surface area contributed by atoms with E-state index in [1.165, 1.54) is 0 Å². The van der Waals surface area contributed by atoms with E-state index in [0.717, 1.165) is 22.5 Å². The lowest BCUT2D eigenvalue weighted by Gasteiger charge is -2.13. The number of carbonyl (C=O) groups is 5. The van der Waals surface area contributed by atoms with Gasteiger partial charge < -0.3 is 14.8 Å². The van der Waals surface area contributed by atoms with Gasteiger partial charge in [0.15, 0.2) is 6.61 Å². The number of carbonyl (C=O) groups excluding carboxylic acids is 5. The van der Waals surface area contributed by atoms with E-state index in [1.54, 1.807) is 12.3 Å². The van der Waals surface area contributed by atoms with Crippen LogP contribution in [0.1, 0.15) is 43.6 Å².